The third kappa shape index (κ3) is 2.93. The van der Waals surface area contributed by atoms with Crippen LogP contribution in [0, 0.1) is 0 Å². The highest BCUT2D eigenvalue weighted by Crippen LogP contribution is 2.42. The van der Waals surface area contributed by atoms with Crippen molar-refractivity contribution in [1.82, 2.24) is 19.8 Å². The minimum absolute atomic E-state index is 0.102. The van der Waals surface area contributed by atoms with Crippen molar-refractivity contribution in [2.75, 3.05) is 19.6 Å². The summed E-state index contributed by atoms with van der Waals surface area (Å²) < 4.78 is 10.9. The van der Waals surface area contributed by atoms with Crippen LogP contribution in [0.15, 0.2) is 21.6 Å². The van der Waals surface area contributed by atoms with E-state index in [0.29, 0.717) is 54.4 Å². The van der Waals surface area contributed by atoms with E-state index in [9.17, 15) is 9.59 Å². The summed E-state index contributed by atoms with van der Waals surface area (Å²) in [6, 6.07) is -0.102. The molecule has 5 rings (SSSR count). The number of aromatic nitrogens is 2. The fourth-order valence-corrected chi connectivity index (χ4v) is 3.83. The second-order valence-corrected chi connectivity index (χ2v) is 7.78. The van der Waals surface area contributed by atoms with Gasteiger partial charge in [0.25, 0.3) is 11.8 Å². The van der Waals surface area contributed by atoms with Gasteiger partial charge < -0.3 is 18.6 Å². The van der Waals surface area contributed by atoms with Crippen LogP contribution in [0.2, 0.25) is 0 Å². The first-order chi connectivity index (χ1) is 13.1. The predicted octanol–water partition coefficient (Wildman–Crippen LogP) is 2.40. The van der Waals surface area contributed by atoms with E-state index >= 15 is 0 Å². The van der Waals surface area contributed by atoms with Crippen LogP contribution in [0.25, 0.3) is 0 Å². The van der Waals surface area contributed by atoms with Gasteiger partial charge >= 0.3 is 0 Å². The van der Waals surface area contributed by atoms with Crippen molar-refractivity contribution in [3.05, 3.63) is 35.7 Å². The molecule has 1 aliphatic heterocycles. The molecule has 0 radical (unpaired) electrons. The van der Waals surface area contributed by atoms with Gasteiger partial charge in [0, 0.05) is 37.5 Å². The van der Waals surface area contributed by atoms with Gasteiger partial charge in [-0.1, -0.05) is 0 Å². The number of carbonyl (C=O) groups excluding carboxylic acids is 2. The monoisotopic (exact) mass is 370 g/mol. The molecule has 27 heavy (non-hydrogen) atoms. The van der Waals surface area contributed by atoms with Crippen molar-refractivity contribution in [3.63, 3.8) is 0 Å². The summed E-state index contributed by atoms with van der Waals surface area (Å²) in [5.41, 5.74) is 0.855. The normalized spacial score (nSPS) is 22.9. The molecule has 2 aliphatic carbocycles. The maximum absolute atomic E-state index is 13.0. The minimum Gasteiger partial charge on any atom is -0.447 e. The van der Waals surface area contributed by atoms with E-state index in [1.807, 2.05) is 6.92 Å². The molecular formula is C19H22N4O4. The summed E-state index contributed by atoms with van der Waals surface area (Å²) in [4.78, 5) is 37.7. The van der Waals surface area contributed by atoms with Crippen molar-refractivity contribution in [2.24, 2.45) is 0 Å². The fraction of sp³-hybridized carbons (Fsp3) is 0.579. The van der Waals surface area contributed by atoms with Gasteiger partial charge in [-0.25, -0.2) is 9.97 Å². The summed E-state index contributed by atoms with van der Waals surface area (Å²) in [5, 5.41) is 0. The van der Waals surface area contributed by atoms with Crippen molar-refractivity contribution < 1.29 is 18.4 Å². The predicted molar refractivity (Wildman–Crippen MR) is 93.4 cm³/mol. The molecule has 1 atom stereocenters. The molecule has 3 fully saturated rings. The Morgan fingerprint density at radius 2 is 1.48 bits per heavy atom. The number of rotatable bonds is 4. The van der Waals surface area contributed by atoms with Gasteiger partial charge in [0.15, 0.2) is 24.2 Å². The number of carbonyl (C=O) groups is 2. The summed E-state index contributed by atoms with van der Waals surface area (Å²) in [5.74, 6) is 1.87. The topological polar surface area (TPSA) is 92.7 Å². The van der Waals surface area contributed by atoms with E-state index in [0.717, 1.165) is 25.7 Å². The SMILES string of the molecule is CC1CN(C(=O)c2ncoc2C2CC2)CCN1C(=O)c1ncoc1C1CC1. The number of hydrogen-bond acceptors (Lipinski definition) is 6. The van der Waals surface area contributed by atoms with Crippen LogP contribution in [0.3, 0.4) is 0 Å². The molecular weight excluding hydrogens is 348 g/mol. The van der Waals surface area contributed by atoms with Crippen LogP contribution in [-0.2, 0) is 0 Å². The lowest BCUT2D eigenvalue weighted by Gasteiger charge is -2.39. The molecule has 8 heteroatoms. The third-order valence-corrected chi connectivity index (χ3v) is 5.67. The van der Waals surface area contributed by atoms with Crippen molar-refractivity contribution >= 4 is 11.8 Å². The molecule has 3 aliphatic rings. The number of piperazine rings is 1. The highest BCUT2D eigenvalue weighted by Gasteiger charge is 2.39. The Hall–Kier alpha value is -2.64. The molecule has 3 heterocycles. The molecule has 142 valence electrons. The van der Waals surface area contributed by atoms with Gasteiger partial charge in [-0.15, -0.1) is 0 Å². The van der Waals surface area contributed by atoms with Crippen molar-refractivity contribution in [3.8, 4) is 0 Å². The highest BCUT2D eigenvalue weighted by molar-refractivity contribution is 5.95. The van der Waals surface area contributed by atoms with Crippen LogP contribution < -0.4 is 0 Å². The lowest BCUT2D eigenvalue weighted by Crippen LogP contribution is -2.55. The molecule has 2 aromatic rings. The maximum Gasteiger partial charge on any atom is 0.276 e. The molecule has 0 bridgehead atoms. The summed E-state index contributed by atoms with van der Waals surface area (Å²) in [6.45, 7) is 3.37. The van der Waals surface area contributed by atoms with Crippen LogP contribution in [0.5, 0.6) is 0 Å². The first-order valence-corrected chi connectivity index (χ1v) is 9.60. The van der Waals surface area contributed by atoms with Crippen LogP contribution in [0.1, 0.15) is 76.9 Å². The molecule has 0 aromatic carbocycles. The number of oxazole rings is 2. The Balaban J connectivity index is 1.29. The molecule has 1 saturated heterocycles. The van der Waals surface area contributed by atoms with Crippen LogP contribution in [0.4, 0.5) is 0 Å². The van der Waals surface area contributed by atoms with E-state index in [2.05, 4.69) is 9.97 Å². The van der Waals surface area contributed by atoms with Crippen LogP contribution >= 0.6 is 0 Å². The zero-order chi connectivity index (χ0) is 18.5. The molecule has 2 amide bonds. The second-order valence-electron chi connectivity index (χ2n) is 7.78. The van der Waals surface area contributed by atoms with Gasteiger partial charge in [0.05, 0.1) is 0 Å². The lowest BCUT2D eigenvalue weighted by molar-refractivity contribution is 0.0406. The largest absolute Gasteiger partial charge is 0.447 e. The van der Waals surface area contributed by atoms with E-state index in [-0.39, 0.29) is 17.9 Å². The maximum atomic E-state index is 13.0. The van der Waals surface area contributed by atoms with Gasteiger partial charge in [-0.2, -0.15) is 0 Å². The quantitative estimate of drug-likeness (QED) is 0.820. The average Bonchev–Trinajstić information content (AvgIpc) is 3.61. The fourth-order valence-electron chi connectivity index (χ4n) is 3.83. The molecule has 2 aromatic heterocycles. The minimum atomic E-state index is -0.107. The molecule has 0 N–H and O–H groups in total. The van der Waals surface area contributed by atoms with Crippen molar-refractivity contribution in [1.29, 1.82) is 0 Å². The van der Waals surface area contributed by atoms with Gasteiger partial charge in [0.1, 0.15) is 11.5 Å². The first-order valence-electron chi connectivity index (χ1n) is 9.60. The highest BCUT2D eigenvalue weighted by atomic mass is 16.3. The van der Waals surface area contributed by atoms with Gasteiger partial charge in [0.2, 0.25) is 0 Å². The Kier molecular flexibility index (Phi) is 3.80. The summed E-state index contributed by atoms with van der Waals surface area (Å²) in [7, 11) is 0. The van der Waals surface area contributed by atoms with E-state index in [4.69, 9.17) is 8.83 Å². The standard InChI is InChI=1S/C19H22N4O4/c1-11-8-22(18(24)14-16(12-2-3-12)26-9-20-14)6-7-23(11)19(25)15-17(13-4-5-13)27-10-21-15/h9-13H,2-8H2,1H3. The third-order valence-electron chi connectivity index (χ3n) is 5.67. The number of amides is 2. The summed E-state index contributed by atoms with van der Waals surface area (Å²) in [6.07, 6.45) is 6.91. The van der Waals surface area contributed by atoms with Gasteiger partial charge in [-0.3, -0.25) is 9.59 Å². The molecule has 8 nitrogen and oxygen atoms in total. The number of nitrogens with zero attached hydrogens (tertiary/aromatic N) is 4. The average molecular weight is 370 g/mol. The van der Waals surface area contributed by atoms with E-state index in [1.54, 1.807) is 9.80 Å². The van der Waals surface area contributed by atoms with Crippen molar-refractivity contribution in [2.45, 2.75) is 50.5 Å². The molecule has 1 unspecified atom stereocenters. The first kappa shape index (κ1) is 16.5. The Bertz CT molecular complexity index is 880. The van der Waals surface area contributed by atoms with Crippen LogP contribution in [-0.4, -0.2) is 57.3 Å². The number of hydrogen-bond donors (Lipinski definition) is 0. The lowest BCUT2D eigenvalue weighted by atomic mass is 10.1. The second kappa shape index (κ2) is 6.21. The Labute approximate surface area is 156 Å². The smallest absolute Gasteiger partial charge is 0.276 e. The summed E-state index contributed by atoms with van der Waals surface area (Å²) >= 11 is 0. The zero-order valence-electron chi connectivity index (χ0n) is 15.3. The molecule has 0 spiro atoms. The Morgan fingerprint density at radius 3 is 2.00 bits per heavy atom. The van der Waals surface area contributed by atoms with E-state index in [1.165, 1.54) is 12.8 Å². The van der Waals surface area contributed by atoms with Gasteiger partial charge in [-0.05, 0) is 32.6 Å². The molecule has 2 saturated carbocycles. The zero-order valence-corrected chi connectivity index (χ0v) is 15.3. The Morgan fingerprint density at radius 1 is 0.926 bits per heavy atom. The van der Waals surface area contributed by atoms with E-state index < -0.39 is 0 Å².